The molecule has 0 saturated heterocycles. The van der Waals surface area contributed by atoms with Gasteiger partial charge in [0.05, 0.1) is 0 Å². The van der Waals surface area contributed by atoms with E-state index < -0.39 is 11.6 Å². The van der Waals surface area contributed by atoms with E-state index in [9.17, 15) is 8.78 Å². The second kappa shape index (κ2) is 6.21. The molecule has 0 aliphatic heterocycles. The van der Waals surface area contributed by atoms with E-state index in [-0.39, 0.29) is 5.41 Å². The van der Waals surface area contributed by atoms with Gasteiger partial charge in [0.25, 0.3) is 0 Å². The first-order valence-corrected chi connectivity index (χ1v) is 7.55. The molecule has 0 unspecified atom stereocenters. The predicted octanol–water partition coefficient (Wildman–Crippen LogP) is 4.37. The molecular weight excluding hydrogens is 256 g/mol. The summed E-state index contributed by atoms with van der Waals surface area (Å²) in [4.78, 5) is 0. The standard InChI is InChI=1S/C17H25F2N/c1-12-10-13(16(19)11-15(12)18)6-7-17(2,3)8-9-20-14-4-5-14/h10-11,14,20H,4-9H2,1-3H3. The van der Waals surface area contributed by atoms with Crippen molar-refractivity contribution in [1.29, 1.82) is 0 Å². The molecule has 2 rings (SSSR count). The number of aryl methyl sites for hydroxylation is 2. The smallest absolute Gasteiger partial charge is 0.129 e. The van der Waals surface area contributed by atoms with E-state index in [2.05, 4.69) is 19.2 Å². The van der Waals surface area contributed by atoms with Crippen LogP contribution in [0.15, 0.2) is 12.1 Å². The molecule has 0 aromatic heterocycles. The molecule has 1 fully saturated rings. The van der Waals surface area contributed by atoms with E-state index in [0.717, 1.165) is 31.5 Å². The van der Waals surface area contributed by atoms with Crippen LogP contribution in [0.2, 0.25) is 0 Å². The normalized spacial score (nSPS) is 15.7. The second-order valence-electron chi connectivity index (χ2n) is 6.84. The molecule has 0 radical (unpaired) electrons. The van der Waals surface area contributed by atoms with Gasteiger partial charge in [-0.25, -0.2) is 8.78 Å². The van der Waals surface area contributed by atoms with Crippen LogP contribution in [-0.4, -0.2) is 12.6 Å². The van der Waals surface area contributed by atoms with Crippen LogP contribution in [0.4, 0.5) is 8.78 Å². The van der Waals surface area contributed by atoms with E-state index in [0.29, 0.717) is 17.5 Å². The third-order valence-corrected chi connectivity index (χ3v) is 4.21. The lowest BCUT2D eigenvalue weighted by Crippen LogP contribution is -2.24. The summed E-state index contributed by atoms with van der Waals surface area (Å²) in [5.41, 5.74) is 1.33. The highest BCUT2D eigenvalue weighted by atomic mass is 19.1. The summed E-state index contributed by atoms with van der Waals surface area (Å²) < 4.78 is 27.0. The Kier molecular flexibility index (Phi) is 4.79. The first kappa shape index (κ1) is 15.4. The van der Waals surface area contributed by atoms with Gasteiger partial charge in [-0.15, -0.1) is 0 Å². The zero-order valence-electron chi connectivity index (χ0n) is 12.7. The van der Waals surface area contributed by atoms with Gasteiger partial charge in [-0.1, -0.05) is 19.9 Å². The summed E-state index contributed by atoms with van der Waals surface area (Å²) in [6, 6.07) is 3.39. The topological polar surface area (TPSA) is 12.0 Å². The summed E-state index contributed by atoms with van der Waals surface area (Å²) >= 11 is 0. The van der Waals surface area contributed by atoms with Gasteiger partial charge in [0.1, 0.15) is 11.6 Å². The van der Waals surface area contributed by atoms with E-state index in [1.165, 1.54) is 12.8 Å². The highest BCUT2D eigenvalue weighted by Gasteiger charge is 2.23. The fourth-order valence-electron chi connectivity index (χ4n) is 2.41. The number of benzene rings is 1. The molecule has 0 atom stereocenters. The zero-order valence-corrected chi connectivity index (χ0v) is 12.7. The average molecular weight is 281 g/mol. The molecule has 1 saturated carbocycles. The highest BCUT2D eigenvalue weighted by Crippen LogP contribution is 2.28. The lowest BCUT2D eigenvalue weighted by Gasteiger charge is -2.25. The molecule has 1 aromatic rings. The largest absolute Gasteiger partial charge is 0.314 e. The molecule has 0 spiro atoms. The first-order chi connectivity index (χ1) is 9.37. The molecule has 1 aliphatic carbocycles. The maximum atomic E-state index is 13.7. The number of halogens is 2. The van der Waals surface area contributed by atoms with Gasteiger partial charge < -0.3 is 5.32 Å². The van der Waals surface area contributed by atoms with Crippen molar-refractivity contribution in [3.8, 4) is 0 Å². The lowest BCUT2D eigenvalue weighted by molar-refractivity contribution is 0.300. The quantitative estimate of drug-likeness (QED) is 0.782. The van der Waals surface area contributed by atoms with Gasteiger partial charge in [-0.2, -0.15) is 0 Å². The molecule has 3 heteroatoms. The molecule has 1 aliphatic rings. The number of hydrogen-bond donors (Lipinski definition) is 1. The Labute approximate surface area is 120 Å². The zero-order chi connectivity index (χ0) is 14.8. The summed E-state index contributed by atoms with van der Waals surface area (Å²) in [6.07, 6.45) is 5.29. The van der Waals surface area contributed by atoms with Crippen molar-refractivity contribution in [2.24, 2.45) is 5.41 Å². The summed E-state index contributed by atoms with van der Waals surface area (Å²) in [5, 5.41) is 3.52. The van der Waals surface area contributed by atoms with Crippen molar-refractivity contribution in [3.63, 3.8) is 0 Å². The number of rotatable bonds is 7. The van der Waals surface area contributed by atoms with Crippen molar-refractivity contribution in [2.75, 3.05) is 6.54 Å². The van der Waals surface area contributed by atoms with Crippen LogP contribution in [0.1, 0.15) is 50.7 Å². The average Bonchev–Trinajstić information content (AvgIpc) is 3.16. The SMILES string of the molecule is Cc1cc(CCC(C)(C)CCNC2CC2)c(F)cc1F. The third kappa shape index (κ3) is 4.55. The van der Waals surface area contributed by atoms with Crippen LogP contribution in [0.5, 0.6) is 0 Å². The second-order valence-corrected chi connectivity index (χ2v) is 6.84. The first-order valence-electron chi connectivity index (χ1n) is 7.55. The predicted molar refractivity (Wildman–Crippen MR) is 78.8 cm³/mol. The summed E-state index contributed by atoms with van der Waals surface area (Å²) in [5.74, 6) is -0.876. The monoisotopic (exact) mass is 281 g/mol. The van der Waals surface area contributed by atoms with Crippen molar-refractivity contribution in [2.45, 2.75) is 58.9 Å². The van der Waals surface area contributed by atoms with Crippen LogP contribution >= 0.6 is 0 Å². The van der Waals surface area contributed by atoms with E-state index in [1.54, 1.807) is 13.0 Å². The van der Waals surface area contributed by atoms with E-state index in [1.807, 2.05) is 0 Å². The summed E-state index contributed by atoms with van der Waals surface area (Å²) in [6.45, 7) is 7.15. The molecule has 1 aromatic carbocycles. The minimum Gasteiger partial charge on any atom is -0.314 e. The van der Waals surface area contributed by atoms with Crippen molar-refractivity contribution in [3.05, 3.63) is 34.9 Å². The Morgan fingerprint density at radius 1 is 1.15 bits per heavy atom. The van der Waals surface area contributed by atoms with Gasteiger partial charge in [0.2, 0.25) is 0 Å². The van der Waals surface area contributed by atoms with Crippen LogP contribution in [0.25, 0.3) is 0 Å². The van der Waals surface area contributed by atoms with E-state index >= 15 is 0 Å². The van der Waals surface area contributed by atoms with Gasteiger partial charge >= 0.3 is 0 Å². The Balaban J connectivity index is 1.84. The molecule has 0 amide bonds. The molecular formula is C17H25F2N. The lowest BCUT2D eigenvalue weighted by atomic mass is 9.83. The molecule has 112 valence electrons. The summed E-state index contributed by atoms with van der Waals surface area (Å²) in [7, 11) is 0. The van der Waals surface area contributed by atoms with Crippen LogP contribution in [-0.2, 0) is 6.42 Å². The van der Waals surface area contributed by atoms with Crippen molar-refractivity contribution in [1.82, 2.24) is 5.32 Å². The fraction of sp³-hybridized carbons (Fsp3) is 0.647. The van der Waals surface area contributed by atoms with Crippen LogP contribution < -0.4 is 5.32 Å². The van der Waals surface area contributed by atoms with E-state index in [4.69, 9.17) is 0 Å². The van der Waals surface area contributed by atoms with Gasteiger partial charge in [-0.05, 0) is 62.1 Å². The Morgan fingerprint density at radius 2 is 1.85 bits per heavy atom. The van der Waals surface area contributed by atoms with Crippen molar-refractivity contribution < 1.29 is 8.78 Å². The van der Waals surface area contributed by atoms with Crippen molar-refractivity contribution >= 4 is 0 Å². The molecule has 0 bridgehead atoms. The highest BCUT2D eigenvalue weighted by molar-refractivity contribution is 5.25. The number of nitrogens with one attached hydrogen (secondary N) is 1. The van der Waals surface area contributed by atoms with Crippen LogP contribution in [0.3, 0.4) is 0 Å². The Hall–Kier alpha value is -0.960. The van der Waals surface area contributed by atoms with Gasteiger partial charge in [0.15, 0.2) is 0 Å². The fourth-order valence-corrected chi connectivity index (χ4v) is 2.41. The molecule has 0 heterocycles. The maximum absolute atomic E-state index is 13.7. The van der Waals surface area contributed by atoms with Gasteiger partial charge in [0, 0.05) is 12.1 Å². The van der Waals surface area contributed by atoms with Crippen LogP contribution in [0, 0.1) is 24.0 Å². The Bertz CT molecular complexity index is 464. The third-order valence-electron chi connectivity index (χ3n) is 4.21. The molecule has 1 nitrogen and oxygen atoms in total. The number of hydrogen-bond acceptors (Lipinski definition) is 1. The minimum atomic E-state index is -0.459. The Morgan fingerprint density at radius 3 is 2.50 bits per heavy atom. The van der Waals surface area contributed by atoms with Gasteiger partial charge in [-0.3, -0.25) is 0 Å². The maximum Gasteiger partial charge on any atom is 0.129 e. The molecule has 20 heavy (non-hydrogen) atoms. The molecule has 1 N–H and O–H groups in total. The minimum absolute atomic E-state index is 0.177.